The summed E-state index contributed by atoms with van der Waals surface area (Å²) >= 11 is 0. The predicted octanol–water partition coefficient (Wildman–Crippen LogP) is 2.19. The molecule has 106 valence electrons. The summed E-state index contributed by atoms with van der Waals surface area (Å²) in [5.41, 5.74) is 1.87. The average Bonchev–Trinajstić information content (AvgIpc) is 2.53. The molecule has 5 heteroatoms. The highest BCUT2D eigenvalue weighted by Gasteiger charge is 2.18. The number of methoxy groups -OCH3 is 2. The SMILES string of the molecule is CCNC(c1ccc(OC)nn1)c1ccccc1OC. The predicted molar refractivity (Wildman–Crippen MR) is 77.1 cm³/mol. The van der Waals surface area contributed by atoms with Gasteiger partial charge in [-0.15, -0.1) is 10.2 Å². The second-order valence-corrected chi connectivity index (χ2v) is 4.23. The Balaban J connectivity index is 2.39. The van der Waals surface area contributed by atoms with Crippen molar-refractivity contribution in [3.63, 3.8) is 0 Å². The molecule has 2 aromatic rings. The van der Waals surface area contributed by atoms with Gasteiger partial charge in [0, 0.05) is 11.6 Å². The van der Waals surface area contributed by atoms with Crippen LogP contribution in [-0.2, 0) is 0 Å². The fraction of sp³-hybridized carbons (Fsp3) is 0.333. The van der Waals surface area contributed by atoms with Gasteiger partial charge in [-0.25, -0.2) is 0 Å². The molecule has 1 aromatic heterocycles. The largest absolute Gasteiger partial charge is 0.496 e. The quantitative estimate of drug-likeness (QED) is 0.874. The third kappa shape index (κ3) is 3.05. The molecule has 5 nitrogen and oxygen atoms in total. The lowest BCUT2D eigenvalue weighted by molar-refractivity contribution is 0.388. The van der Waals surface area contributed by atoms with Gasteiger partial charge < -0.3 is 14.8 Å². The van der Waals surface area contributed by atoms with Crippen molar-refractivity contribution in [2.75, 3.05) is 20.8 Å². The van der Waals surface area contributed by atoms with Crippen LogP contribution in [0.15, 0.2) is 36.4 Å². The summed E-state index contributed by atoms with van der Waals surface area (Å²) in [4.78, 5) is 0. The number of nitrogens with one attached hydrogen (secondary N) is 1. The molecule has 1 heterocycles. The van der Waals surface area contributed by atoms with Crippen LogP contribution in [0.4, 0.5) is 0 Å². The van der Waals surface area contributed by atoms with Crippen molar-refractivity contribution in [3.8, 4) is 11.6 Å². The van der Waals surface area contributed by atoms with Crippen LogP contribution < -0.4 is 14.8 Å². The Kier molecular flexibility index (Phi) is 4.90. The average molecular weight is 273 g/mol. The molecule has 0 radical (unpaired) electrons. The minimum Gasteiger partial charge on any atom is -0.496 e. The molecule has 20 heavy (non-hydrogen) atoms. The van der Waals surface area contributed by atoms with E-state index in [0.29, 0.717) is 5.88 Å². The highest BCUT2D eigenvalue weighted by molar-refractivity contribution is 5.39. The summed E-state index contributed by atoms with van der Waals surface area (Å²) in [6.45, 7) is 2.87. The fourth-order valence-corrected chi connectivity index (χ4v) is 2.08. The lowest BCUT2D eigenvalue weighted by Gasteiger charge is -2.19. The second-order valence-electron chi connectivity index (χ2n) is 4.23. The van der Waals surface area contributed by atoms with Gasteiger partial charge in [0.2, 0.25) is 5.88 Å². The Bertz CT molecular complexity index is 543. The van der Waals surface area contributed by atoms with Crippen molar-refractivity contribution in [1.82, 2.24) is 15.5 Å². The molecule has 0 amide bonds. The smallest absolute Gasteiger partial charge is 0.233 e. The molecule has 0 fully saturated rings. The summed E-state index contributed by atoms with van der Waals surface area (Å²) in [5, 5.41) is 11.7. The normalized spacial score (nSPS) is 11.9. The molecule has 0 saturated heterocycles. The van der Waals surface area contributed by atoms with E-state index in [9.17, 15) is 0 Å². The molecule has 1 N–H and O–H groups in total. The zero-order valence-electron chi connectivity index (χ0n) is 12.0. The lowest BCUT2D eigenvalue weighted by Crippen LogP contribution is -2.23. The van der Waals surface area contributed by atoms with E-state index in [0.717, 1.165) is 23.6 Å². The van der Waals surface area contributed by atoms with Gasteiger partial charge in [-0.1, -0.05) is 25.1 Å². The van der Waals surface area contributed by atoms with Crippen molar-refractivity contribution >= 4 is 0 Å². The number of hydrogen-bond acceptors (Lipinski definition) is 5. The molecule has 0 bridgehead atoms. The van der Waals surface area contributed by atoms with Crippen molar-refractivity contribution in [1.29, 1.82) is 0 Å². The van der Waals surface area contributed by atoms with Gasteiger partial charge in [0.1, 0.15) is 5.75 Å². The van der Waals surface area contributed by atoms with E-state index in [2.05, 4.69) is 22.4 Å². The van der Waals surface area contributed by atoms with Crippen molar-refractivity contribution < 1.29 is 9.47 Å². The van der Waals surface area contributed by atoms with Crippen LogP contribution in [0.2, 0.25) is 0 Å². The molecule has 0 saturated carbocycles. The molecular weight excluding hydrogens is 254 g/mol. The Morgan fingerprint density at radius 3 is 2.45 bits per heavy atom. The fourth-order valence-electron chi connectivity index (χ4n) is 2.08. The number of rotatable bonds is 6. The van der Waals surface area contributed by atoms with Crippen LogP contribution in [0.5, 0.6) is 11.6 Å². The zero-order valence-corrected chi connectivity index (χ0v) is 12.0. The first kappa shape index (κ1) is 14.3. The van der Waals surface area contributed by atoms with Crippen LogP contribution >= 0.6 is 0 Å². The van der Waals surface area contributed by atoms with Gasteiger partial charge in [0.25, 0.3) is 0 Å². The van der Waals surface area contributed by atoms with E-state index < -0.39 is 0 Å². The summed E-state index contributed by atoms with van der Waals surface area (Å²) < 4.78 is 10.5. The number of hydrogen-bond donors (Lipinski definition) is 1. The summed E-state index contributed by atoms with van der Waals surface area (Å²) in [6, 6.07) is 11.6. The highest BCUT2D eigenvalue weighted by atomic mass is 16.5. The van der Waals surface area contributed by atoms with E-state index in [1.807, 2.05) is 36.4 Å². The van der Waals surface area contributed by atoms with Gasteiger partial charge >= 0.3 is 0 Å². The van der Waals surface area contributed by atoms with E-state index in [1.54, 1.807) is 14.2 Å². The Labute approximate surface area is 118 Å². The number of para-hydroxylation sites is 1. The van der Waals surface area contributed by atoms with Gasteiger partial charge in [-0.3, -0.25) is 0 Å². The molecule has 0 aliphatic rings. The minimum absolute atomic E-state index is 0.0606. The third-order valence-electron chi connectivity index (χ3n) is 3.02. The van der Waals surface area contributed by atoms with E-state index in [1.165, 1.54) is 0 Å². The molecule has 1 atom stereocenters. The van der Waals surface area contributed by atoms with Gasteiger partial charge in [-0.05, 0) is 18.7 Å². The monoisotopic (exact) mass is 273 g/mol. The first-order valence-corrected chi connectivity index (χ1v) is 6.54. The summed E-state index contributed by atoms with van der Waals surface area (Å²) in [5.74, 6) is 1.33. The molecule has 2 rings (SSSR count). The van der Waals surface area contributed by atoms with Crippen LogP contribution in [0, 0.1) is 0 Å². The topological polar surface area (TPSA) is 56.3 Å². The van der Waals surface area contributed by atoms with Gasteiger partial charge in [-0.2, -0.15) is 0 Å². The van der Waals surface area contributed by atoms with E-state index in [-0.39, 0.29) is 6.04 Å². The first-order chi connectivity index (χ1) is 9.80. The minimum atomic E-state index is -0.0606. The Morgan fingerprint density at radius 2 is 1.85 bits per heavy atom. The van der Waals surface area contributed by atoms with Crippen LogP contribution in [0.25, 0.3) is 0 Å². The van der Waals surface area contributed by atoms with Crippen LogP contribution in [-0.4, -0.2) is 31.0 Å². The van der Waals surface area contributed by atoms with Crippen molar-refractivity contribution in [2.24, 2.45) is 0 Å². The molecule has 1 unspecified atom stereocenters. The molecule has 0 aliphatic heterocycles. The number of aromatic nitrogens is 2. The number of benzene rings is 1. The summed E-state index contributed by atoms with van der Waals surface area (Å²) in [6.07, 6.45) is 0. The van der Waals surface area contributed by atoms with Crippen molar-refractivity contribution in [2.45, 2.75) is 13.0 Å². The third-order valence-corrected chi connectivity index (χ3v) is 3.02. The maximum Gasteiger partial charge on any atom is 0.233 e. The standard InChI is InChI=1S/C15H19N3O2/c1-4-16-15(11-7-5-6-8-13(11)19-2)12-9-10-14(20-3)18-17-12/h5-10,15-16H,4H2,1-3H3. The van der Waals surface area contributed by atoms with Crippen molar-refractivity contribution in [3.05, 3.63) is 47.7 Å². The maximum atomic E-state index is 5.43. The molecule has 0 aliphatic carbocycles. The number of nitrogens with zero attached hydrogens (tertiary/aromatic N) is 2. The molecule has 1 aromatic carbocycles. The van der Waals surface area contributed by atoms with Gasteiger partial charge in [0.15, 0.2) is 0 Å². The Hall–Kier alpha value is -2.14. The van der Waals surface area contributed by atoms with E-state index in [4.69, 9.17) is 9.47 Å². The lowest BCUT2D eigenvalue weighted by atomic mass is 10.0. The van der Waals surface area contributed by atoms with Gasteiger partial charge in [0.05, 0.1) is 26.0 Å². The number of ether oxygens (including phenoxy) is 2. The van der Waals surface area contributed by atoms with E-state index >= 15 is 0 Å². The summed E-state index contributed by atoms with van der Waals surface area (Å²) in [7, 11) is 3.24. The highest BCUT2D eigenvalue weighted by Crippen LogP contribution is 2.28. The maximum absolute atomic E-state index is 5.43. The van der Waals surface area contributed by atoms with Crippen LogP contribution in [0.3, 0.4) is 0 Å². The second kappa shape index (κ2) is 6.86. The molecule has 0 spiro atoms. The zero-order chi connectivity index (χ0) is 14.4. The first-order valence-electron chi connectivity index (χ1n) is 6.54. The molecular formula is C15H19N3O2. The Morgan fingerprint density at radius 1 is 1.05 bits per heavy atom. The van der Waals surface area contributed by atoms with Crippen LogP contribution in [0.1, 0.15) is 24.2 Å².